The van der Waals surface area contributed by atoms with Crippen molar-refractivity contribution in [3.63, 3.8) is 0 Å². The molecular weight excluding hydrogens is 428 g/mol. The van der Waals surface area contributed by atoms with E-state index < -0.39 is 11.7 Å². The first-order valence-corrected chi connectivity index (χ1v) is 10.1. The summed E-state index contributed by atoms with van der Waals surface area (Å²) in [5, 5.41) is 15.3. The molecule has 0 aliphatic rings. The van der Waals surface area contributed by atoms with E-state index in [1.807, 2.05) is 0 Å². The van der Waals surface area contributed by atoms with Crippen molar-refractivity contribution in [1.29, 1.82) is 0 Å². The van der Waals surface area contributed by atoms with Gasteiger partial charge in [-0.15, -0.1) is 10.2 Å². The highest BCUT2D eigenvalue weighted by molar-refractivity contribution is 7.14. The molecule has 0 saturated carbocycles. The Labute approximate surface area is 181 Å². The second-order valence-corrected chi connectivity index (χ2v) is 7.83. The number of pyridine rings is 1. The molecule has 0 radical (unpaired) electrons. The number of aromatic nitrogens is 5. The molecule has 0 bridgehead atoms. The molecule has 0 saturated heterocycles. The maximum Gasteiger partial charge on any atom is 0.303 e. The van der Waals surface area contributed by atoms with Crippen molar-refractivity contribution in [2.45, 2.75) is 33.1 Å². The van der Waals surface area contributed by atoms with Crippen LogP contribution in [0.25, 0.3) is 10.6 Å². The van der Waals surface area contributed by atoms with Gasteiger partial charge in [0.2, 0.25) is 11.7 Å². The minimum absolute atomic E-state index is 0.175. The SMILES string of the molecule is COCCc1nnc(-c2cnc(NC(C)=O)cc2Nc2cc(C)nc(C(C)(F)F)n2)s1. The fourth-order valence-electron chi connectivity index (χ4n) is 2.60. The summed E-state index contributed by atoms with van der Waals surface area (Å²) >= 11 is 1.36. The minimum atomic E-state index is -3.19. The quantitative estimate of drug-likeness (QED) is 0.535. The predicted octanol–water partition coefficient (Wildman–Crippen LogP) is 3.70. The number of nitrogens with one attached hydrogen (secondary N) is 2. The van der Waals surface area contributed by atoms with Gasteiger partial charge in [0.05, 0.1) is 17.9 Å². The molecule has 0 aromatic carbocycles. The van der Waals surface area contributed by atoms with E-state index >= 15 is 0 Å². The van der Waals surface area contributed by atoms with Crippen molar-refractivity contribution in [1.82, 2.24) is 25.1 Å². The van der Waals surface area contributed by atoms with Crippen LogP contribution in [-0.2, 0) is 21.9 Å². The van der Waals surface area contributed by atoms with Gasteiger partial charge in [-0.1, -0.05) is 11.3 Å². The Balaban J connectivity index is 2.01. The fraction of sp³-hybridized carbons (Fsp3) is 0.368. The summed E-state index contributed by atoms with van der Waals surface area (Å²) in [7, 11) is 1.60. The number of anilines is 3. The van der Waals surface area contributed by atoms with Gasteiger partial charge >= 0.3 is 5.92 Å². The largest absolute Gasteiger partial charge is 0.384 e. The highest BCUT2D eigenvalue weighted by Crippen LogP contribution is 2.34. The zero-order chi connectivity index (χ0) is 22.6. The van der Waals surface area contributed by atoms with E-state index in [0.717, 1.165) is 11.9 Å². The van der Waals surface area contributed by atoms with Gasteiger partial charge in [-0.05, 0) is 6.92 Å². The van der Waals surface area contributed by atoms with E-state index in [0.29, 0.717) is 35.0 Å². The Morgan fingerprint density at radius 2 is 2.00 bits per heavy atom. The third-order valence-electron chi connectivity index (χ3n) is 3.93. The van der Waals surface area contributed by atoms with Crippen LogP contribution in [-0.4, -0.2) is 44.8 Å². The summed E-state index contributed by atoms with van der Waals surface area (Å²) in [4.78, 5) is 23.4. The summed E-state index contributed by atoms with van der Waals surface area (Å²) in [5.41, 5.74) is 1.43. The van der Waals surface area contributed by atoms with Crippen molar-refractivity contribution in [2.24, 2.45) is 0 Å². The smallest absolute Gasteiger partial charge is 0.303 e. The molecule has 0 aliphatic heterocycles. The number of carbonyl (C=O) groups excluding carboxylic acids is 1. The molecular formula is C19H21F2N7O2S. The van der Waals surface area contributed by atoms with Crippen LogP contribution in [0.2, 0.25) is 0 Å². The number of halogens is 2. The summed E-state index contributed by atoms with van der Waals surface area (Å²) in [5.74, 6) is -3.62. The van der Waals surface area contributed by atoms with Gasteiger partial charge in [0, 0.05) is 51.4 Å². The van der Waals surface area contributed by atoms with E-state index in [2.05, 4.69) is 35.8 Å². The second-order valence-electron chi connectivity index (χ2n) is 6.77. The second kappa shape index (κ2) is 9.35. The standard InChI is InChI=1S/C19H21F2N7O2S/c1-10-7-15(26-18(23-10)19(3,20)21)25-13-8-14(24-11(2)29)22-9-12(13)17-28-27-16(31-17)5-6-30-4/h7-9H,5-6H2,1-4H3,(H2,22,23,24,25,26,29). The predicted molar refractivity (Wildman–Crippen MR) is 113 cm³/mol. The Bertz CT molecular complexity index is 1090. The van der Waals surface area contributed by atoms with Crippen LogP contribution in [0.5, 0.6) is 0 Å². The average Bonchev–Trinajstić information content (AvgIpc) is 3.13. The zero-order valence-electron chi connectivity index (χ0n) is 17.4. The molecule has 0 spiro atoms. The fourth-order valence-corrected chi connectivity index (χ4v) is 3.44. The van der Waals surface area contributed by atoms with Crippen molar-refractivity contribution in [3.8, 4) is 10.6 Å². The van der Waals surface area contributed by atoms with Crippen LogP contribution >= 0.6 is 11.3 Å². The highest BCUT2D eigenvalue weighted by Gasteiger charge is 2.29. The topological polar surface area (TPSA) is 115 Å². The van der Waals surface area contributed by atoms with Gasteiger partial charge in [0.15, 0.2) is 5.01 Å². The Kier molecular flexibility index (Phi) is 6.81. The number of amides is 1. The van der Waals surface area contributed by atoms with E-state index in [-0.39, 0.29) is 17.5 Å². The highest BCUT2D eigenvalue weighted by atomic mass is 32.1. The number of rotatable bonds is 8. The molecule has 3 aromatic rings. The summed E-state index contributed by atoms with van der Waals surface area (Å²) in [6.07, 6.45) is 2.13. The van der Waals surface area contributed by atoms with Crippen LogP contribution in [0, 0.1) is 6.92 Å². The molecule has 164 valence electrons. The number of methoxy groups -OCH3 is 1. The first-order chi connectivity index (χ1) is 14.7. The number of aryl methyl sites for hydroxylation is 1. The van der Waals surface area contributed by atoms with Crippen LogP contribution < -0.4 is 10.6 Å². The third-order valence-corrected chi connectivity index (χ3v) is 4.95. The number of alkyl halides is 2. The first kappa shape index (κ1) is 22.6. The van der Waals surface area contributed by atoms with Crippen LogP contribution in [0.4, 0.5) is 26.1 Å². The molecule has 0 unspecified atom stereocenters. The molecule has 9 nitrogen and oxygen atoms in total. The number of nitrogens with zero attached hydrogens (tertiary/aromatic N) is 5. The van der Waals surface area contributed by atoms with Crippen LogP contribution in [0.1, 0.15) is 30.4 Å². The number of hydrogen-bond donors (Lipinski definition) is 2. The van der Waals surface area contributed by atoms with E-state index in [1.54, 1.807) is 26.2 Å². The Morgan fingerprint density at radius 1 is 1.23 bits per heavy atom. The molecule has 3 rings (SSSR count). The van der Waals surface area contributed by atoms with Crippen LogP contribution in [0.3, 0.4) is 0 Å². The number of hydrogen-bond acceptors (Lipinski definition) is 9. The molecule has 12 heteroatoms. The minimum Gasteiger partial charge on any atom is -0.384 e. The van der Waals surface area contributed by atoms with Gasteiger partial charge in [-0.25, -0.2) is 15.0 Å². The van der Waals surface area contributed by atoms with Crippen LogP contribution in [0.15, 0.2) is 18.3 Å². The normalized spacial score (nSPS) is 11.4. The molecule has 1 amide bonds. The lowest BCUT2D eigenvalue weighted by molar-refractivity contribution is -0.114. The van der Waals surface area contributed by atoms with Crippen molar-refractivity contribution in [2.75, 3.05) is 24.4 Å². The lowest BCUT2D eigenvalue weighted by Gasteiger charge is -2.14. The van der Waals surface area contributed by atoms with Crippen molar-refractivity contribution in [3.05, 3.63) is 34.9 Å². The van der Waals surface area contributed by atoms with Gasteiger partial charge in [0.1, 0.15) is 16.6 Å². The Hall–Kier alpha value is -3.12. The lowest BCUT2D eigenvalue weighted by Crippen LogP contribution is -2.14. The number of ether oxygens (including phenoxy) is 1. The maximum atomic E-state index is 13.8. The summed E-state index contributed by atoms with van der Waals surface area (Å²) < 4.78 is 32.6. The molecule has 0 atom stereocenters. The molecule has 0 aliphatic carbocycles. The summed E-state index contributed by atoms with van der Waals surface area (Å²) in [6.45, 7) is 4.21. The molecule has 3 heterocycles. The average molecular weight is 449 g/mol. The maximum absolute atomic E-state index is 13.8. The first-order valence-electron chi connectivity index (χ1n) is 9.26. The summed E-state index contributed by atoms with van der Waals surface area (Å²) in [6, 6.07) is 3.12. The monoisotopic (exact) mass is 449 g/mol. The number of carbonyl (C=O) groups is 1. The van der Waals surface area contributed by atoms with Gasteiger partial charge in [0.25, 0.3) is 0 Å². The zero-order valence-corrected chi connectivity index (χ0v) is 18.2. The molecule has 3 aromatic heterocycles. The third kappa shape index (κ3) is 5.95. The van der Waals surface area contributed by atoms with Crippen molar-refractivity contribution >= 4 is 34.6 Å². The lowest BCUT2D eigenvalue weighted by atomic mass is 10.2. The molecule has 2 N–H and O–H groups in total. The Morgan fingerprint density at radius 3 is 2.68 bits per heavy atom. The molecule has 0 fully saturated rings. The molecule has 31 heavy (non-hydrogen) atoms. The van der Waals surface area contributed by atoms with E-state index in [1.165, 1.54) is 24.5 Å². The van der Waals surface area contributed by atoms with Gasteiger partial charge < -0.3 is 15.4 Å². The van der Waals surface area contributed by atoms with E-state index in [4.69, 9.17) is 4.74 Å². The van der Waals surface area contributed by atoms with E-state index in [9.17, 15) is 13.6 Å². The van der Waals surface area contributed by atoms with Gasteiger partial charge in [-0.3, -0.25) is 4.79 Å². The van der Waals surface area contributed by atoms with Crippen molar-refractivity contribution < 1.29 is 18.3 Å². The van der Waals surface area contributed by atoms with Gasteiger partial charge in [-0.2, -0.15) is 8.78 Å².